The van der Waals surface area contributed by atoms with E-state index in [9.17, 15) is 0 Å². The van der Waals surface area contributed by atoms with Crippen LogP contribution in [0.4, 0.5) is 0 Å². The van der Waals surface area contributed by atoms with Crippen LogP contribution in [-0.4, -0.2) is 19.3 Å². The first kappa shape index (κ1) is 27.8. The number of imidazole rings is 2. The van der Waals surface area contributed by atoms with E-state index in [1.807, 2.05) is 0 Å². The van der Waals surface area contributed by atoms with Gasteiger partial charge in [0.25, 0.3) is 0 Å². The van der Waals surface area contributed by atoms with Gasteiger partial charge in [0.15, 0.2) is 11.6 Å². The predicted octanol–water partition coefficient (Wildman–Crippen LogP) is 12.2. The van der Waals surface area contributed by atoms with Gasteiger partial charge in [-0.05, 0) is 45.8 Å². The van der Waals surface area contributed by atoms with E-state index in [-0.39, 0.29) is 0 Å². The Morgan fingerprint density at radius 1 is 0.333 bits per heavy atom. The maximum Gasteiger partial charge on any atom is 0.160 e. The van der Waals surface area contributed by atoms with Gasteiger partial charge in [0.05, 0.1) is 22.1 Å². The van der Waals surface area contributed by atoms with Gasteiger partial charge < -0.3 is 0 Å². The highest BCUT2D eigenvalue weighted by molar-refractivity contribution is 9.10. The van der Waals surface area contributed by atoms with Gasteiger partial charge in [0.1, 0.15) is 0 Å². The molecule has 226 valence electrons. The second-order valence-corrected chi connectivity index (χ2v) is 13.9. The molecule has 2 aromatic heterocycles. The first-order valence-electron chi connectivity index (χ1n) is 15.8. The average molecular weight is 744 g/mol. The van der Waals surface area contributed by atoms with E-state index in [1.165, 1.54) is 21.5 Å². The fraction of sp³-hybridized carbons (Fsp3) is 0. The molecule has 0 unspecified atom stereocenters. The summed E-state index contributed by atoms with van der Waals surface area (Å²) in [4.78, 5) is 11.1. The Bertz CT molecular complexity index is 2700. The Morgan fingerprint density at radius 3 is 0.979 bits per heavy atom. The number of benzene rings is 8. The second kappa shape index (κ2) is 10.6. The first-order valence-corrected chi connectivity index (χ1v) is 17.4. The van der Waals surface area contributed by atoms with Gasteiger partial charge in [0, 0.05) is 41.6 Å². The third-order valence-corrected chi connectivity index (χ3v) is 10.5. The van der Waals surface area contributed by atoms with Crippen molar-refractivity contribution in [1.82, 2.24) is 19.3 Å². The molecule has 0 bridgehead atoms. The number of hydrogen-bond acceptors (Lipinski definition) is 2. The number of halogens is 2. The molecule has 0 atom stereocenters. The highest BCUT2D eigenvalue weighted by Gasteiger charge is 2.26. The molecule has 0 saturated heterocycles. The molecule has 0 radical (unpaired) electrons. The lowest BCUT2D eigenvalue weighted by molar-refractivity contribution is 0.723. The topological polar surface area (TPSA) is 35.6 Å². The minimum absolute atomic E-state index is 0.842. The molecule has 0 spiro atoms. The van der Waals surface area contributed by atoms with Crippen molar-refractivity contribution < 1.29 is 0 Å². The van der Waals surface area contributed by atoms with Gasteiger partial charge in [-0.15, -0.1) is 0 Å². The third-order valence-electron chi connectivity index (χ3n) is 9.42. The van der Waals surface area contributed by atoms with Gasteiger partial charge in [-0.1, -0.05) is 153 Å². The summed E-state index contributed by atoms with van der Waals surface area (Å²) in [6.07, 6.45) is 0. The van der Waals surface area contributed by atoms with Gasteiger partial charge in [-0.3, -0.25) is 0 Å². The van der Waals surface area contributed by atoms with Gasteiger partial charge in [0.2, 0.25) is 0 Å². The largest absolute Gasteiger partial charge is 0.226 e. The zero-order valence-electron chi connectivity index (χ0n) is 25.4. The summed E-state index contributed by atoms with van der Waals surface area (Å²) >= 11 is 7.32. The molecule has 48 heavy (non-hydrogen) atoms. The third kappa shape index (κ3) is 4.00. The number of hydrogen-bond donors (Lipinski definition) is 0. The second-order valence-electron chi connectivity index (χ2n) is 12.1. The maximum absolute atomic E-state index is 5.54. The average Bonchev–Trinajstić information content (AvgIpc) is 3.73. The van der Waals surface area contributed by atoms with Gasteiger partial charge in [-0.2, -0.15) is 0 Å². The predicted molar refractivity (Wildman–Crippen MR) is 207 cm³/mol. The quantitative estimate of drug-likeness (QED) is 0.169. The van der Waals surface area contributed by atoms with Crippen LogP contribution in [0.25, 0.3) is 87.9 Å². The van der Waals surface area contributed by atoms with Crippen molar-refractivity contribution in [3.63, 3.8) is 0 Å². The number of rotatable bonds is 3. The lowest BCUT2D eigenvalue weighted by Gasteiger charge is -2.18. The number of aromatic nitrogens is 4. The molecule has 0 amide bonds. The highest BCUT2D eigenvalue weighted by atomic mass is 79.9. The van der Waals surface area contributed by atoms with Crippen molar-refractivity contribution >= 4 is 97.0 Å². The monoisotopic (exact) mass is 742 g/mol. The Balaban J connectivity index is 1.51. The highest BCUT2D eigenvalue weighted by Crippen LogP contribution is 2.42. The minimum Gasteiger partial charge on any atom is -0.226 e. The number of fused-ring (bicyclic) bond motifs is 12. The van der Waals surface area contributed by atoms with Gasteiger partial charge >= 0.3 is 0 Å². The van der Waals surface area contributed by atoms with Crippen molar-refractivity contribution in [1.29, 1.82) is 0 Å². The Hall–Kier alpha value is -5.30. The SMILES string of the molecule is Brc1ccc(-c2nc3c4ccccc4c4ccccc4c3n2-n2c(-c3ccc(Br)cc3)nc3c4ccccc4c4ccccc4c32)cc1. The van der Waals surface area contributed by atoms with Crippen LogP contribution in [0.15, 0.2) is 155 Å². The van der Waals surface area contributed by atoms with E-state index in [4.69, 9.17) is 9.97 Å². The van der Waals surface area contributed by atoms with Crippen LogP contribution in [0, 0.1) is 0 Å². The van der Waals surface area contributed by atoms with Crippen molar-refractivity contribution in [3.05, 3.63) is 155 Å². The van der Waals surface area contributed by atoms with E-state index in [2.05, 4.69) is 187 Å². The van der Waals surface area contributed by atoms with E-state index in [1.54, 1.807) is 0 Å². The van der Waals surface area contributed by atoms with Crippen LogP contribution in [0.2, 0.25) is 0 Å². The van der Waals surface area contributed by atoms with Crippen LogP contribution in [0.5, 0.6) is 0 Å². The molecule has 4 nitrogen and oxygen atoms in total. The van der Waals surface area contributed by atoms with Crippen LogP contribution in [0.1, 0.15) is 0 Å². The van der Waals surface area contributed by atoms with Crippen LogP contribution < -0.4 is 0 Å². The van der Waals surface area contributed by atoms with Crippen molar-refractivity contribution in [3.8, 4) is 22.8 Å². The lowest BCUT2D eigenvalue weighted by Crippen LogP contribution is -2.13. The molecule has 0 saturated carbocycles. The van der Waals surface area contributed by atoms with Crippen LogP contribution in [-0.2, 0) is 0 Å². The van der Waals surface area contributed by atoms with Crippen LogP contribution >= 0.6 is 31.9 Å². The first-order chi connectivity index (χ1) is 23.7. The molecule has 0 aliphatic rings. The molecule has 10 rings (SSSR count). The molecular formula is C42H24Br2N4. The Morgan fingerprint density at radius 2 is 0.625 bits per heavy atom. The summed E-state index contributed by atoms with van der Waals surface area (Å²) in [5, 5.41) is 9.26. The molecule has 0 aliphatic carbocycles. The molecule has 0 N–H and O–H groups in total. The van der Waals surface area contributed by atoms with E-state index in [0.29, 0.717) is 0 Å². The molecule has 10 aromatic rings. The van der Waals surface area contributed by atoms with E-state index >= 15 is 0 Å². The van der Waals surface area contributed by atoms with Crippen LogP contribution in [0.3, 0.4) is 0 Å². The number of nitrogens with zero attached hydrogens (tertiary/aromatic N) is 4. The Kier molecular flexibility index (Phi) is 6.14. The lowest BCUT2D eigenvalue weighted by atomic mass is 10.00. The smallest absolute Gasteiger partial charge is 0.160 e. The Labute approximate surface area is 292 Å². The van der Waals surface area contributed by atoms with Crippen molar-refractivity contribution in [2.75, 3.05) is 0 Å². The maximum atomic E-state index is 5.54. The fourth-order valence-electron chi connectivity index (χ4n) is 7.34. The molecular weight excluding hydrogens is 720 g/mol. The summed E-state index contributed by atoms with van der Waals surface area (Å²) in [6.45, 7) is 0. The normalized spacial score (nSPS) is 12.0. The fourth-order valence-corrected chi connectivity index (χ4v) is 7.87. The standard InChI is InChI=1S/C42H24Br2N4/c43-27-21-17-25(18-22-27)41-45-37-33-13-5-1-9-29(33)31-11-3-7-15-35(31)39(37)47(41)48-40-36-16-8-4-12-32(36)30-10-2-6-14-34(30)38(40)46-42(48)26-19-23-28(44)24-20-26/h1-24H. The summed E-state index contributed by atoms with van der Waals surface area (Å²) in [6, 6.07) is 51.5. The van der Waals surface area contributed by atoms with E-state index < -0.39 is 0 Å². The summed E-state index contributed by atoms with van der Waals surface area (Å²) in [5.74, 6) is 1.68. The summed E-state index contributed by atoms with van der Waals surface area (Å²) in [5.41, 5.74) is 6.01. The molecule has 6 heteroatoms. The zero-order valence-corrected chi connectivity index (χ0v) is 28.6. The minimum atomic E-state index is 0.842. The van der Waals surface area contributed by atoms with Gasteiger partial charge in [-0.25, -0.2) is 19.3 Å². The molecule has 2 heterocycles. The molecule has 8 aromatic carbocycles. The van der Waals surface area contributed by atoms with Crippen molar-refractivity contribution in [2.45, 2.75) is 0 Å². The van der Waals surface area contributed by atoms with E-state index in [0.717, 1.165) is 75.3 Å². The molecule has 0 aliphatic heterocycles. The molecule has 0 fully saturated rings. The summed E-state index contributed by atoms with van der Waals surface area (Å²) < 4.78 is 6.68. The summed E-state index contributed by atoms with van der Waals surface area (Å²) in [7, 11) is 0. The van der Waals surface area contributed by atoms with Crippen molar-refractivity contribution in [2.24, 2.45) is 0 Å². The zero-order chi connectivity index (χ0) is 31.9.